The first-order chi connectivity index (χ1) is 9.97. The number of carbonyl (C=O) groups is 2. The molecular formula is C15H20ClNO4. The van der Waals surface area contributed by atoms with Crippen molar-refractivity contribution in [2.75, 3.05) is 13.7 Å². The first-order valence-electron chi connectivity index (χ1n) is 6.73. The molecular weight excluding hydrogens is 294 g/mol. The minimum atomic E-state index is -0.671. The fraction of sp³-hybridized carbons (Fsp3) is 0.467. The molecule has 21 heavy (non-hydrogen) atoms. The van der Waals surface area contributed by atoms with E-state index in [-0.39, 0.29) is 18.4 Å². The van der Waals surface area contributed by atoms with Crippen molar-refractivity contribution in [3.8, 4) is 5.75 Å². The standard InChI is InChI=1S/C15H20ClNO4/c1-4-10(2)14(15(19)20-3)17-13(18)9-21-12-7-5-6-11(16)8-12/h5-8,10,14H,4,9H2,1-3H3,(H,17,18)/t10-,14+/m1/s1. The van der Waals surface area contributed by atoms with Crippen LogP contribution < -0.4 is 10.1 Å². The maximum Gasteiger partial charge on any atom is 0.328 e. The summed E-state index contributed by atoms with van der Waals surface area (Å²) in [5.41, 5.74) is 0. The van der Waals surface area contributed by atoms with E-state index in [0.29, 0.717) is 10.8 Å². The maximum absolute atomic E-state index is 11.9. The summed E-state index contributed by atoms with van der Waals surface area (Å²) in [6.07, 6.45) is 0.745. The summed E-state index contributed by atoms with van der Waals surface area (Å²) >= 11 is 5.82. The largest absolute Gasteiger partial charge is 0.484 e. The van der Waals surface area contributed by atoms with Crippen LogP contribution in [-0.4, -0.2) is 31.6 Å². The Hall–Kier alpha value is -1.75. The van der Waals surface area contributed by atoms with E-state index >= 15 is 0 Å². The molecule has 2 atom stereocenters. The van der Waals surface area contributed by atoms with E-state index < -0.39 is 12.0 Å². The molecule has 1 amide bonds. The summed E-state index contributed by atoms with van der Waals surface area (Å²) in [5.74, 6) is -0.366. The van der Waals surface area contributed by atoms with Crippen molar-refractivity contribution in [3.05, 3.63) is 29.3 Å². The molecule has 0 radical (unpaired) electrons. The van der Waals surface area contributed by atoms with E-state index in [4.69, 9.17) is 21.1 Å². The maximum atomic E-state index is 11.9. The van der Waals surface area contributed by atoms with Gasteiger partial charge in [0.05, 0.1) is 7.11 Å². The molecule has 1 rings (SSSR count). The molecule has 0 saturated carbocycles. The van der Waals surface area contributed by atoms with E-state index in [2.05, 4.69) is 5.32 Å². The topological polar surface area (TPSA) is 64.6 Å². The molecule has 0 spiro atoms. The van der Waals surface area contributed by atoms with Gasteiger partial charge in [-0.15, -0.1) is 0 Å². The zero-order valence-electron chi connectivity index (χ0n) is 12.4. The molecule has 116 valence electrons. The highest BCUT2D eigenvalue weighted by atomic mass is 35.5. The van der Waals surface area contributed by atoms with Gasteiger partial charge in [0.15, 0.2) is 6.61 Å². The van der Waals surface area contributed by atoms with Gasteiger partial charge in [0.2, 0.25) is 0 Å². The molecule has 0 heterocycles. The summed E-state index contributed by atoms with van der Waals surface area (Å²) in [5, 5.41) is 3.16. The number of ether oxygens (including phenoxy) is 2. The van der Waals surface area contributed by atoms with Gasteiger partial charge >= 0.3 is 5.97 Å². The lowest BCUT2D eigenvalue weighted by atomic mass is 9.99. The van der Waals surface area contributed by atoms with Crippen molar-refractivity contribution in [1.82, 2.24) is 5.32 Å². The van der Waals surface area contributed by atoms with Crippen LogP contribution in [0.2, 0.25) is 5.02 Å². The Balaban J connectivity index is 2.56. The molecule has 6 heteroatoms. The number of benzene rings is 1. The highest BCUT2D eigenvalue weighted by Crippen LogP contribution is 2.17. The zero-order valence-corrected chi connectivity index (χ0v) is 13.1. The predicted molar refractivity (Wildman–Crippen MR) is 80.3 cm³/mol. The van der Waals surface area contributed by atoms with Crippen molar-refractivity contribution >= 4 is 23.5 Å². The lowest BCUT2D eigenvalue weighted by molar-refractivity contribution is -0.146. The smallest absolute Gasteiger partial charge is 0.328 e. The van der Waals surface area contributed by atoms with Crippen LogP contribution in [0.25, 0.3) is 0 Å². The van der Waals surface area contributed by atoms with E-state index in [0.717, 1.165) is 6.42 Å². The fourth-order valence-corrected chi connectivity index (χ4v) is 1.90. The molecule has 0 unspecified atom stereocenters. The number of hydrogen-bond donors (Lipinski definition) is 1. The molecule has 1 aromatic rings. The van der Waals surface area contributed by atoms with Gasteiger partial charge in [-0.05, 0) is 24.1 Å². The van der Waals surface area contributed by atoms with Gasteiger partial charge in [0.25, 0.3) is 5.91 Å². The van der Waals surface area contributed by atoms with Gasteiger partial charge in [-0.25, -0.2) is 4.79 Å². The van der Waals surface area contributed by atoms with Gasteiger partial charge in [0, 0.05) is 5.02 Å². The molecule has 1 N–H and O–H groups in total. The van der Waals surface area contributed by atoms with Gasteiger partial charge in [-0.3, -0.25) is 4.79 Å². The Labute approximate surface area is 129 Å². The number of nitrogens with one attached hydrogen (secondary N) is 1. The summed E-state index contributed by atoms with van der Waals surface area (Å²) in [7, 11) is 1.30. The lowest BCUT2D eigenvalue weighted by Crippen LogP contribution is -2.47. The number of methoxy groups -OCH3 is 1. The van der Waals surface area contributed by atoms with Gasteiger partial charge < -0.3 is 14.8 Å². The highest BCUT2D eigenvalue weighted by Gasteiger charge is 2.26. The first-order valence-corrected chi connectivity index (χ1v) is 7.11. The Morgan fingerprint density at radius 2 is 2.10 bits per heavy atom. The average Bonchev–Trinajstić information content (AvgIpc) is 2.49. The number of amides is 1. The van der Waals surface area contributed by atoms with Gasteiger partial charge in [-0.2, -0.15) is 0 Å². The highest BCUT2D eigenvalue weighted by molar-refractivity contribution is 6.30. The Kier molecular flexibility index (Phi) is 7.02. The number of carbonyl (C=O) groups excluding carboxylic acids is 2. The number of hydrogen-bond acceptors (Lipinski definition) is 4. The quantitative estimate of drug-likeness (QED) is 0.785. The molecule has 0 bridgehead atoms. The van der Waals surface area contributed by atoms with Gasteiger partial charge in [0.1, 0.15) is 11.8 Å². The summed E-state index contributed by atoms with van der Waals surface area (Å²) in [4.78, 5) is 23.5. The third-order valence-electron chi connectivity index (χ3n) is 3.15. The number of rotatable bonds is 7. The van der Waals surface area contributed by atoms with Crippen LogP contribution in [0.3, 0.4) is 0 Å². The zero-order chi connectivity index (χ0) is 15.8. The molecule has 0 saturated heterocycles. The summed E-state index contributed by atoms with van der Waals surface area (Å²) < 4.78 is 10.0. The van der Waals surface area contributed by atoms with Crippen molar-refractivity contribution < 1.29 is 19.1 Å². The Morgan fingerprint density at radius 1 is 1.38 bits per heavy atom. The van der Waals surface area contributed by atoms with Crippen LogP contribution in [0.1, 0.15) is 20.3 Å². The monoisotopic (exact) mass is 313 g/mol. The molecule has 0 aliphatic rings. The van der Waals surface area contributed by atoms with Crippen LogP contribution in [0.5, 0.6) is 5.75 Å². The Bertz CT molecular complexity index is 492. The van der Waals surface area contributed by atoms with E-state index in [1.807, 2.05) is 13.8 Å². The Morgan fingerprint density at radius 3 is 2.67 bits per heavy atom. The minimum absolute atomic E-state index is 0.0208. The van der Waals surface area contributed by atoms with Crippen molar-refractivity contribution in [2.45, 2.75) is 26.3 Å². The lowest BCUT2D eigenvalue weighted by Gasteiger charge is -2.21. The second-order valence-electron chi connectivity index (χ2n) is 4.70. The van der Waals surface area contributed by atoms with E-state index in [1.54, 1.807) is 24.3 Å². The molecule has 0 fully saturated rings. The minimum Gasteiger partial charge on any atom is -0.484 e. The molecule has 0 aliphatic carbocycles. The SMILES string of the molecule is CC[C@@H](C)[C@H](NC(=O)COc1cccc(Cl)c1)C(=O)OC. The normalized spacial score (nSPS) is 13.1. The summed E-state index contributed by atoms with van der Waals surface area (Å²) in [6.45, 7) is 3.62. The molecule has 0 aliphatic heterocycles. The van der Waals surface area contributed by atoms with Crippen LogP contribution in [0.15, 0.2) is 24.3 Å². The number of esters is 1. The van der Waals surface area contributed by atoms with Crippen molar-refractivity contribution in [1.29, 1.82) is 0 Å². The summed E-state index contributed by atoms with van der Waals surface area (Å²) in [6, 6.07) is 6.08. The van der Waals surface area contributed by atoms with Crippen LogP contribution in [0.4, 0.5) is 0 Å². The van der Waals surface area contributed by atoms with Crippen LogP contribution in [0, 0.1) is 5.92 Å². The first kappa shape index (κ1) is 17.3. The predicted octanol–water partition coefficient (Wildman–Crippen LogP) is 2.42. The second kappa shape index (κ2) is 8.52. The van der Waals surface area contributed by atoms with Gasteiger partial charge in [-0.1, -0.05) is 37.9 Å². The molecule has 0 aromatic heterocycles. The second-order valence-corrected chi connectivity index (χ2v) is 5.14. The average molecular weight is 314 g/mol. The molecule has 1 aromatic carbocycles. The fourth-order valence-electron chi connectivity index (χ4n) is 1.72. The number of halogens is 1. The van der Waals surface area contributed by atoms with Crippen LogP contribution in [-0.2, 0) is 14.3 Å². The molecule has 5 nitrogen and oxygen atoms in total. The van der Waals surface area contributed by atoms with Crippen molar-refractivity contribution in [3.63, 3.8) is 0 Å². The third kappa shape index (κ3) is 5.63. The van der Waals surface area contributed by atoms with E-state index in [9.17, 15) is 9.59 Å². The van der Waals surface area contributed by atoms with Crippen molar-refractivity contribution in [2.24, 2.45) is 5.92 Å². The van der Waals surface area contributed by atoms with Crippen LogP contribution >= 0.6 is 11.6 Å². The third-order valence-corrected chi connectivity index (χ3v) is 3.39. The van der Waals surface area contributed by atoms with E-state index in [1.165, 1.54) is 7.11 Å².